The molecule has 2 rings (SSSR count). The van der Waals surface area contributed by atoms with E-state index in [9.17, 15) is 4.79 Å². The zero-order valence-electron chi connectivity index (χ0n) is 9.10. The summed E-state index contributed by atoms with van der Waals surface area (Å²) in [6.07, 6.45) is 0.784. The Morgan fingerprint density at radius 3 is 3.12 bits per heavy atom. The summed E-state index contributed by atoms with van der Waals surface area (Å²) in [6.45, 7) is 3.43. The molecule has 1 saturated heterocycles. The van der Waals surface area contributed by atoms with Crippen LogP contribution < -0.4 is 10.6 Å². The van der Waals surface area contributed by atoms with Crippen LogP contribution in [0.5, 0.6) is 0 Å². The molecule has 1 amide bonds. The summed E-state index contributed by atoms with van der Waals surface area (Å²) in [7, 11) is 0. The van der Waals surface area contributed by atoms with Gasteiger partial charge in [-0.15, -0.1) is 0 Å². The maximum absolute atomic E-state index is 10.6. The molecule has 5 nitrogen and oxygen atoms in total. The number of aromatic nitrogens is 1. The monoisotopic (exact) mass is 221 g/mol. The van der Waals surface area contributed by atoms with E-state index in [2.05, 4.69) is 15.6 Å². The van der Waals surface area contributed by atoms with Crippen LogP contribution in [0.3, 0.4) is 0 Å². The lowest BCUT2D eigenvalue weighted by Gasteiger charge is -2.17. The van der Waals surface area contributed by atoms with Crippen molar-refractivity contribution in [2.75, 3.05) is 13.1 Å². The molecule has 16 heavy (non-hydrogen) atoms. The molecule has 1 aliphatic heterocycles. The number of hydrogen-bond acceptors (Lipinski definition) is 3. The first-order valence-electron chi connectivity index (χ1n) is 5.29. The van der Waals surface area contributed by atoms with Crippen LogP contribution in [0.25, 0.3) is 0 Å². The SMILES string of the molecule is Cc1ccnc([C@H]2CNC[C@@H]2NC(=O)O)c1. The van der Waals surface area contributed by atoms with E-state index in [1.807, 2.05) is 19.1 Å². The van der Waals surface area contributed by atoms with Gasteiger partial charge in [0.05, 0.1) is 6.04 Å². The first-order valence-corrected chi connectivity index (χ1v) is 5.29. The topological polar surface area (TPSA) is 74.2 Å². The van der Waals surface area contributed by atoms with Crippen LogP contribution in [0, 0.1) is 6.92 Å². The molecule has 0 aromatic carbocycles. The summed E-state index contributed by atoms with van der Waals surface area (Å²) < 4.78 is 0. The predicted molar refractivity (Wildman–Crippen MR) is 59.5 cm³/mol. The fraction of sp³-hybridized carbons (Fsp3) is 0.455. The van der Waals surface area contributed by atoms with Crippen molar-refractivity contribution in [3.05, 3.63) is 29.6 Å². The molecule has 0 unspecified atom stereocenters. The third-order valence-corrected chi connectivity index (χ3v) is 2.84. The summed E-state index contributed by atoms with van der Waals surface area (Å²) in [5.74, 6) is 0.121. The van der Waals surface area contributed by atoms with Crippen LogP contribution in [0.1, 0.15) is 17.2 Å². The number of carboxylic acid groups (broad SMARTS) is 1. The quantitative estimate of drug-likeness (QED) is 0.687. The maximum atomic E-state index is 10.6. The first kappa shape index (κ1) is 10.9. The predicted octanol–water partition coefficient (Wildman–Crippen LogP) is 0.713. The van der Waals surface area contributed by atoms with E-state index in [1.165, 1.54) is 0 Å². The highest BCUT2D eigenvalue weighted by atomic mass is 16.4. The Morgan fingerprint density at radius 1 is 1.62 bits per heavy atom. The van der Waals surface area contributed by atoms with Crippen LogP contribution in [0.15, 0.2) is 18.3 Å². The molecule has 5 heteroatoms. The zero-order valence-corrected chi connectivity index (χ0v) is 9.10. The molecule has 3 N–H and O–H groups in total. The van der Waals surface area contributed by atoms with E-state index in [4.69, 9.17) is 5.11 Å². The van der Waals surface area contributed by atoms with Gasteiger partial charge in [-0.25, -0.2) is 4.79 Å². The van der Waals surface area contributed by atoms with E-state index < -0.39 is 6.09 Å². The van der Waals surface area contributed by atoms with E-state index >= 15 is 0 Å². The zero-order chi connectivity index (χ0) is 11.5. The largest absolute Gasteiger partial charge is 0.465 e. The molecule has 0 spiro atoms. The molecule has 1 fully saturated rings. The van der Waals surface area contributed by atoms with Gasteiger partial charge in [-0.1, -0.05) is 0 Å². The second kappa shape index (κ2) is 4.49. The molecule has 0 radical (unpaired) electrons. The Bertz CT molecular complexity index is 395. The molecule has 86 valence electrons. The third kappa shape index (κ3) is 2.30. The van der Waals surface area contributed by atoms with Crippen LogP contribution >= 0.6 is 0 Å². The molecule has 1 aromatic heterocycles. The van der Waals surface area contributed by atoms with Gasteiger partial charge < -0.3 is 15.7 Å². The number of aryl methyl sites for hydroxylation is 1. The fourth-order valence-corrected chi connectivity index (χ4v) is 2.06. The summed E-state index contributed by atoms with van der Waals surface area (Å²) >= 11 is 0. The first-order chi connectivity index (χ1) is 7.66. The number of carbonyl (C=O) groups is 1. The van der Waals surface area contributed by atoms with Gasteiger partial charge in [0.1, 0.15) is 0 Å². The molecule has 1 aliphatic rings. The van der Waals surface area contributed by atoms with Gasteiger partial charge in [0, 0.05) is 30.9 Å². The van der Waals surface area contributed by atoms with Crippen molar-refractivity contribution in [2.45, 2.75) is 18.9 Å². The van der Waals surface area contributed by atoms with Crippen molar-refractivity contribution in [2.24, 2.45) is 0 Å². The van der Waals surface area contributed by atoms with E-state index in [0.717, 1.165) is 17.8 Å². The lowest BCUT2D eigenvalue weighted by atomic mass is 9.98. The van der Waals surface area contributed by atoms with Gasteiger partial charge in [-0.2, -0.15) is 0 Å². The van der Waals surface area contributed by atoms with Gasteiger partial charge in [0.15, 0.2) is 0 Å². The van der Waals surface area contributed by atoms with Crippen molar-refractivity contribution >= 4 is 6.09 Å². The number of nitrogens with one attached hydrogen (secondary N) is 2. The molecule has 0 saturated carbocycles. The van der Waals surface area contributed by atoms with E-state index in [-0.39, 0.29) is 12.0 Å². The second-order valence-electron chi connectivity index (χ2n) is 4.08. The average Bonchev–Trinajstić information content (AvgIpc) is 2.65. The van der Waals surface area contributed by atoms with E-state index in [0.29, 0.717) is 6.54 Å². The molecule has 0 bridgehead atoms. The van der Waals surface area contributed by atoms with Crippen molar-refractivity contribution < 1.29 is 9.90 Å². The Labute approximate surface area is 93.9 Å². The van der Waals surface area contributed by atoms with Crippen molar-refractivity contribution in [1.82, 2.24) is 15.6 Å². The van der Waals surface area contributed by atoms with E-state index in [1.54, 1.807) is 6.20 Å². The number of hydrogen-bond donors (Lipinski definition) is 3. The smallest absolute Gasteiger partial charge is 0.404 e. The number of rotatable bonds is 2. The normalized spacial score (nSPS) is 24.3. The molecular formula is C11H15N3O2. The van der Waals surface area contributed by atoms with Gasteiger partial charge in [0.25, 0.3) is 0 Å². The maximum Gasteiger partial charge on any atom is 0.404 e. The lowest BCUT2D eigenvalue weighted by Crippen LogP contribution is -2.38. The summed E-state index contributed by atoms with van der Waals surface area (Å²) in [5, 5.41) is 14.4. The second-order valence-corrected chi connectivity index (χ2v) is 4.08. The number of pyridine rings is 1. The summed E-state index contributed by atoms with van der Waals surface area (Å²) in [4.78, 5) is 14.9. The molecule has 2 heterocycles. The highest BCUT2D eigenvalue weighted by molar-refractivity contribution is 5.65. The Hall–Kier alpha value is -1.62. The lowest BCUT2D eigenvalue weighted by molar-refractivity contribution is 0.189. The molecular weight excluding hydrogens is 206 g/mol. The van der Waals surface area contributed by atoms with Gasteiger partial charge in [-0.3, -0.25) is 4.98 Å². The molecule has 1 aromatic rings. The van der Waals surface area contributed by atoms with Gasteiger partial charge in [0.2, 0.25) is 0 Å². The minimum atomic E-state index is -0.980. The number of amides is 1. The Kier molecular flexibility index (Phi) is 3.05. The summed E-state index contributed by atoms with van der Waals surface area (Å²) in [5.41, 5.74) is 2.09. The van der Waals surface area contributed by atoms with Crippen molar-refractivity contribution in [3.8, 4) is 0 Å². The van der Waals surface area contributed by atoms with Crippen LogP contribution in [-0.4, -0.2) is 35.3 Å². The van der Waals surface area contributed by atoms with Crippen molar-refractivity contribution in [3.63, 3.8) is 0 Å². The van der Waals surface area contributed by atoms with Gasteiger partial charge >= 0.3 is 6.09 Å². The van der Waals surface area contributed by atoms with Crippen molar-refractivity contribution in [1.29, 1.82) is 0 Å². The third-order valence-electron chi connectivity index (χ3n) is 2.84. The Morgan fingerprint density at radius 2 is 2.44 bits per heavy atom. The van der Waals surface area contributed by atoms with Gasteiger partial charge in [-0.05, 0) is 24.6 Å². The fourth-order valence-electron chi connectivity index (χ4n) is 2.06. The van der Waals surface area contributed by atoms with Crippen LogP contribution in [0.2, 0.25) is 0 Å². The minimum Gasteiger partial charge on any atom is -0.465 e. The number of nitrogens with zero attached hydrogens (tertiary/aromatic N) is 1. The average molecular weight is 221 g/mol. The van der Waals surface area contributed by atoms with Crippen LogP contribution in [0.4, 0.5) is 4.79 Å². The molecule has 2 atom stereocenters. The highest BCUT2D eigenvalue weighted by Gasteiger charge is 2.30. The Balaban J connectivity index is 2.16. The standard InChI is InChI=1S/C11H15N3O2/c1-7-2-3-13-9(4-7)8-5-12-6-10(8)14-11(15)16/h2-4,8,10,12,14H,5-6H2,1H3,(H,15,16)/t8-,10+/m1/s1. The molecule has 0 aliphatic carbocycles. The summed E-state index contributed by atoms with van der Waals surface area (Å²) in [6, 6.07) is 3.85. The highest BCUT2D eigenvalue weighted by Crippen LogP contribution is 2.21. The minimum absolute atomic E-state index is 0.0909. The van der Waals surface area contributed by atoms with Crippen LogP contribution in [-0.2, 0) is 0 Å².